The topological polar surface area (TPSA) is 18.1 Å². The maximum atomic E-state index is 6.03. The van der Waals surface area contributed by atoms with E-state index in [-0.39, 0.29) is 0 Å². The molecule has 0 fully saturated rings. The van der Waals surface area contributed by atoms with E-state index in [9.17, 15) is 0 Å². The van der Waals surface area contributed by atoms with Gasteiger partial charge in [-0.25, -0.2) is 0 Å². The van der Waals surface area contributed by atoms with Crippen molar-refractivity contribution < 1.29 is 4.42 Å². The molecule has 0 N–H and O–H groups in total. The lowest BCUT2D eigenvalue weighted by atomic mass is 10.0. The lowest BCUT2D eigenvalue weighted by Crippen LogP contribution is -2.04. The van der Waals surface area contributed by atoms with E-state index < -0.39 is 0 Å². The van der Waals surface area contributed by atoms with Crippen molar-refractivity contribution >= 4 is 58.3 Å². The summed E-state index contributed by atoms with van der Waals surface area (Å²) in [6.07, 6.45) is 0. The average molecular weight is 441 g/mol. The molecular weight excluding hydrogens is 421 g/mol. The van der Waals surface area contributed by atoms with Crippen LogP contribution < -0.4 is 5.30 Å². The predicted octanol–water partition coefficient (Wildman–Crippen LogP) is 7.85. The number of rotatable bonds is 2. The van der Waals surface area contributed by atoms with Crippen LogP contribution in [-0.2, 0) is 0 Å². The molecule has 0 aliphatic heterocycles. The lowest BCUT2D eigenvalue weighted by Gasteiger charge is -2.11. The maximum absolute atomic E-state index is 6.03. The van der Waals surface area contributed by atoms with Crippen molar-refractivity contribution in [1.29, 1.82) is 0 Å². The largest absolute Gasteiger partial charge is 0.456 e. The Morgan fingerprint density at radius 2 is 1.15 bits per heavy atom. The van der Waals surface area contributed by atoms with Gasteiger partial charge in [-0.2, -0.15) is 0 Å². The minimum absolute atomic E-state index is 0.926. The molecule has 5 aromatic carbocycles. The Balaban J connectivity index is 1.49. The van der Waals surface area contributed by atoms with Crippen molar-refractivity contribution in [3.05, 3.63) is 109 Å². The summed E-state index contributed by atoms with van der Waals surface area (Å²) in [5, 5.41) is 6.01. The molecule has 2 aromatic heterocycles. The fourth-order valence-electron chi connectivity index (χ4n) is 5.01. The van der Waals surface area contributed by atoms with Gasteiger partial charge in [0.25, 0.3) is 0 Å². The summed E-state index contributed by atoms with van der Waals surface area (Å²) in [4.78, 5) is 0. The highest BCUT2D eigenvalue weighted by Gasteiger charge is 2.15. The molecule has 0 amide bonds. The number of furan rings is 1. The third-order valence-electron chi connectivity index (χ3n) is 6.56. The molecule has 0 saturated heterocycles. The third-order valence-corrected chi connectivity index (χ3v) is 7.05. The van der Waals surface area contributed by atoms with E-state index in [0.29, 0.717) is 0 Å². The van der Waals surface area contributed by atoms with Gasteiger partial charge in [-0.05, 0) is 58.9 Å². The van der Waals surface area contributed by atoms with Gasteiger partial charge in [0.2, 0.25) is 0 Å². The Kier molecular flexibility index (Phi) is 4.00. The number of nitrogens with zero attached hydrogens (tertiary/aromatic N) is 1. The standard InChI is InChI=1S/C30H20NOP/c33-30-12-6-4-10-27(30)31-25-9-3-1-7-21(25)23-17-19(13-15-26(23)31)20-14-16-29-24(18-20)22-8-2-5-11-28(22)32-29/h1-18H,33H2. The lowest BCUT2D eigenvalue weighted by molar-refractivity contribution is 0.669. The number of hydrogen-bond donors (Lipinski definition) is 0. The molecule has 0 saturated carbocycles. The first-order chi connectivity index (χ1) is 16.3. The summed E-state index contributed by atoms with van der Waals surface area (Å²) in [5.41, 5.74) is 7.87. The second kappa shape index (κ2) is 7.07. The van der Waals surface area contributed by atoms with Gasteiger partial charge in [0.05, 0.1) is 16.7 Å². The molecule has 0 bridgehead atoms. The Bertz CT molecular complexity index is 1840. The van der Waals surface area contributed by atoms with E-state index in [4.69, 9.17) is 4.42 Å². The molecule has 0 aliphatic carbocycles. The van der Waals surface area contributed by atoms with Gasteiger partial charge in [0, 0.05) is 21.5 Å². The van der Waals surface area contributed by atoms with Crippen molar-refractivity contribution in [1.82, 2.24) is 4.57 Å². The van der Waals surface area contributed by atoms with Crippen molar-refractivity contribution in [3.8, 4) is 16.8 Å². The van der Waals surface area contributed by atoms with Gasteiger partial charge >= 0.3 is 0 Å². The molecule has 0 spiro atoms. The van der Waals surface area contributed by atoms with Crippen LogP contribution in [-0.4, -0.2) is 4.57 Å². The van der Waals surface area contributed by atoms with Gasteiger partial charge in [-0.15, -0.1) is 9.24 Å². The number of benzene rings is 5. The molecule has 2 nitrogen and oxygen atoms in total. The summed E-state index contributed by atoms with van der Waals surface area (Å²) < 4.78 is 8.39. The van der Waals surface area contributed by atoms with Gasteiger partial charge in [0.15, 0.2) is 0 Å². The molecule has 7 rings (SSSR count). The predicted molar refractivity (Wildman–Crippen MR) is 143 cm³/mol. The summed E-state index contributed by atoms with van der Waals surface area (Å²) in [7, 11) is 2.87. The van der Waals surface area contributed by atoms with Crippen LogP contribution in [0.4, 0.5) is 0 Å². The van der Waals surface area contributed by atoms with E-state index in [1.54, 1.807) is 0 Å². The summed E-state index contributed by atoms with van der Waals surface area (Å²) in [6.45, 7) is 0. The molecule has 7 aromatic rings. The number of fused-ring (bicyclic) bond motifs is 6. The summed E-state index contributed by atoms with van der Waals surface area (Å²) >= 11 is 0. The molecule has 0 radical (unpaired) electrons. The molecule has 1 unspecified atom stereocenters. The average Bonchev–Trinajstić information content (AvgIpc) is 3.39. The molecule has 3 heteroatoms. The second-order valence-corrected chi connectivity index (χ2v) is 9.07. The number of hydrogen-bond acceptors (Lipinski definition) is 1. The van der Waals surface area contributed by atoms with Crippen molar-refractivity contribution in [2.45, 2.75) is 0 Å². The minimum atomic E-state index is 0.926. The zero-order valence-electron chi connectivity index (χ0n) is 17.8. The van der Waals surface area contributed by atoms with E-state index in [2.05, 4.69) is 111 Å². The maximum Gasteiger partial charge on any atom is 0.135 e. The van der Waals surface area contributed by atoms with E-state index in [1.807, 2.05) is 12.1 Å². The number of para-hydroxylation sites is 3. The number of aromatic nitrogens is 1. The smallest absolute Gasteiger partial charge is 0.135 e. The van der Waals surface area contributed by atoms with Gasteiger partial charge in [-0.1, -0.05) is 66.7 Å². The van der Waals surface area contributed by atoms with Crippen LogP contribution in [0.15, 0.2) is 114 Å². The molecule has 33 heavy (non-hydrogen) atoms. The highest BCUT2D eigenvalue weighted by Crippen LogP contribution is 2.37. The minimum Gasteiger partial charge on any atom is -0.456 e. The molecule has 1 atom stereocenters. The van der Waals surface area contributed by atoms with Crippen LogP contribution >= 0.6 is 9.24 Å². The first-order valence-electron chi connectivity index (χ1n) is 11.1. The fourth-order valence-corrected chi connectivity index (χ4v) is 5.35. The van der Waals surface area contributed by atoms with E-state index in [1.165, 1.54) is 43.9 Å². The molecule has 156 valence electrons. The van der Waals surface area contributed by atoms with Crippen LogP contribution in [0.2, 0.25) is 0 Å². The zero-order chi connectivity index (χ0) is 21.9. The SMILES string of the molecule is Pc1ccccc1-n1c2ccccc2c2cc(-c3ccc4oc5ccccc5c4c3)ccc21. The van der Waals surface area contributed by atoms with Crippen molar-refractivity contribution in [2.24, 2.45) is 0 Å². The third kappa shape index (κ3) is 2.78. The van der Waals surface area contributed by atoms with E-state index in [0.717, 1.165) is 21.9 Å². The zero-order valence-corrected chi connectivity index (χ0v) is 19.0. The Morgan fingerprint density at radius 1 is 0.515 bits per heavy atom. The second-order valence-electron chi connectivity index (χ2n) is 8.45. The molecule has 2 heterocycles. The van der Waals surface area contributed by atoms with Crippen LogP contribution in [0, 0.1) is 0 Å². The first-order valence-corrected chi connectivity index (χ1v) is 11.7. The Labute approximate surface area is 193 Å². The van der Waals surface area contributed by atoms with Crippen molar-refractivity contribution in [3.63, 3.8) is 0 Å². The highest BCUT2D eigenvalue weighted by molar-refractivity contribution is 7.27. The van der Waals surface area contributed by atoms with E-state index >= 15 is 0 Å². The van der Waals surface area contributed by atoms with Crippen LogP contribution in [0.5, 0.6) is 0 Å². The van der Waals surface area contributed by atoms with Crippen LogP contribution in [0.3, 0.4) is 0 Å². The van der Waals surface area contributed by atoms with Crippen LogP contribution in [0.25, 0.3) is 60.6 Å². The van der Waals surface area contributed by atoms with Crippen LogP contribution in [0.1, 0.15) is 0 Å². The fraction of sp³-hybridized carbons (Fsp3) is 0. The normalized spacial score (nSPS) is 11.8. The first kappa shape index (κ1) is 18.7. The summed E-state index contributed by atoms with van der Waals surface area (Å²) in [6, 6.07) is 38.7. The quantitative estimate of drug-likeness (QED) is 0.250. The highest BCUT2D eigenvalue weighted by atomic mass is 31.0. The Hall–Kier alpha value is -3.87. The molecular formula is C30H20NOP. The summed E-state index contributed by atoms with van der Waals surface area (Å²) in [5.74, 6) is 0. The Morgan fingerprint density at radius 3 is 2.03 bits per heavy atom. The van der Waals surface area contributed by atoms with Crippen molar-refractivity contribution in [2.75, 3.05) is 0 Å². The van der Waals surface area contributed by atoms with Gasteiger partial charge in [-0.3, -0.25) is 0 Å². The monoisotopic (exact) mass is 441 g/mol. The molecule has 0 aliphatic rings. The van der Waals surface area contributed by atoms with Gasteiger partial charge < -0.3 is 8.98 Å². The van der Waals surface area contributed by atoms with Gasteiger partial charge in [0.1, 0.15) is 11.2 Å².